The SMILES string of the molecule is O=C(COc1ccc([N+](=O)[O-])cc1)NNC(=O)C[C@@H]1CCS(=O)(=O)C1. The Morgan fingerprint density at radius 1 is 1.20 bits per heavy atom. The molecule has 1 atom stereocenters. The van der Waals surface area contributed by atoms with E-state index in [9.17, 15) is 28.1 Å². The van der Waals surface area contributed by atoms with Gasteiger partial charge < -0.3 is 4.74 Å². The first-order valence-electron chi connectivity index (χ1n) is 7.40. The van der Waals surface area contributed by atoms with Crippen LogP contribution in [0.3, 0.4) is 0 Å². The maximum absolute atomic E-state index is 11.7. The lowest BCUT2D eigenvalue weighted by Crippen LogP contribution is -2.44. The number of carbonyl (C=O) groups is 2. The molecule has 0 aromatic heterocycles. The molecule has 1 aromatic carbocycles. The normalized spacial score (nSPS) is 18.3. The lowest BCUT2D eigenvalue weighted by atomic mass is 10.1. The summed E-state index contributed by atoms with van der Waals surface area (Å²) in [7, 11) is -3.05. The van der Waals surface area contributed by atoms with Crippen LogP contribution in [-0.4, -0.2) is 43.3 Å². The molecule has 0 aliphatic carbocycles. The van der Waals surface area contributed by atoms with Gasteiger partial charge in [-0.2, -0.15) is 0 Å². The minimum atomic E-state index is -3.05. The second-order valence-corrected chi connectivity index (χ2v) is 7.84. The molecule has 1 aromatic rings. The summed E-state index contributed by atoms with van der Waals surface area (Å²) < 4.78 is 27.8. The van der Waals surface area contributed by atoms with Crippen LogP contribution < -0.4 is 15.6 Å². The van der Waals surface area contributed by atoms with Crippen molar-refractivity contribution in [3.05, 3.63) is 34.4 Å². The van der Waals surface area contributed by atoms with Crippen molar-refractivity contribution in [2.75, 3.05) is 18.1 Å². The van der Waals surface area contributed by atoms with E-state index in [2.05, 4.69) is 10.9 Å². The molecule has 1 saturated heterocycles. The van der Waals surface area contributed by atoms with Gasteiger partial charge in [-0.3, -0.25) is 30.6 Å². The van der Waals surface area contributed by atoms with Crippen LogP contribution in [0.1, 0.15) is 12.8 Å². The van der Waals surface area contributed by atoms with Gasteiger partial charge in [-0.05, 0) is 24.5 Å². The van der Waals surface area contributed by atoms with E-state index in [4.69, 9.17) is 4.74 Å². The first kappa shape index (κ1) is 18.6. The number of hydrogen-bond donors (Lipinski definition) is 2. The fraction of sp³-hybridized carbons (Fsp3) is 0.429. The standard InChI is InChI=1S/C14H17N3O7S/c18-13(7-10-5-6-25(22,23)9-10)15-16-14(19)8-24-12-3-1-11(2-4-12)17(20)21/h1-4,10H,5-9H2,(H,15,18)(H,16,19)/t10-/m0/s1. The van der Waals surface area contributed by atoms with Gasteiger partial charge in [0.25, 0.3) is 11.6 Å². The Morgan fingerprint density at radius 3 is 2.40 bits per heavy atom. The largest absolute Gasteiger partial charge is 0.484 e. The third kappa shape index (κ3) is 6.03. The fourth-order valence-electron chi connectivity index (χ4n) is 2.33. The summed E-state index contributed by atoms with van der Waals surface area (Å²) in [6.45, 7) is -0.393. The average Bonchev–Trinajstić information content (AvgIpc) is 2.90. The van der Waals surface area contributed by atoms with Gasteiger partial charge >= 0.3 is 0 Å². The molecule has 2 N–H and O–H groups in total. The quantitative estimate of drug-likeness (QED) is 0.526. The summed E-state index contributed by atoms with van der Waals surface area (Å²) in [5.74, 6) is -1.00. The predicted octanol–water partition coefficient (Wildman–Crippen LogP) is -0.0542. The molecule has 1 fully saturated rings. The molecule has 10 nitrogen and oxygen atoms in total. The Morgan fingerprint density at radius 2 is 1.84 bits per heavy atom. The van der Waals surface area contributed by atoms with Gasteiger partial charge in [-0.15, -0.1) is 0 Å². The van der Waals surface area contributed by atoms with E-state index >= 15 is 0 Å². The highest BCUT2D eigenvalue weighted by Gasteiger charge is 2.29. The Balaban J connectivity index is 1.68. The van der Waals surface area contributed by atoms with E-state index in [0.717, 1.165) is 0 Å². The van der Waals surface area contributed by atoms with Gasteiger partial charge in [0.05, 0.1) is 16.4 Å². The van der Waals surface area contributed by atoms with E-state index < -0.39 is 33.2 Å². The summed E-state index contributed by atoms with van der Waals surface area (Å²) in [4.78, 5) is 33.2. The molecule has 2 amide bonds. The van der Waals surface area contributed by atoms with E-state index in [1.165, 1.54) is 24.3 Å². The molecule has 0 radical (unpaired) electrons. The van der Waals surface area contributed by atoms with Crippen LogP contribution in [0, 0.1) is 16.0 Å². The maximum atomic E-state index is 11.7. The summed E-state index contributed by atoms with van der Waals surface area (Å²) in [6, 6.07) is 5.18. The highest BCUT2D eigenvalue weighted by Crippen LogP contribution is 2.21. The Kier molecular flexibility index (Phi) is 5.91. The molecular formula is C14H17N3O7S. The number of hydrazine groups is 1. The molecule has 2 rings (SSSR count). The Bertz CT molecular complexity index is 761. The lowest BCUT2D eigenvalue weighted by Gasteiger charge is -2.10. The molecule has 136 valence electrons. The number of ether oxygens (including phenoxy) is 1. The van der Waals surface area contributed by atoms with Crippen LogP contribution in [0.5, 0.6) is 5.75 Å². The highest BCUT2D eigenvalue weighted by atomic mass is 32.2. The zero-order valence-electron chi connectivity index (χ0n) is 13.1. The van der Waals surface area contributed by atoms with Gasteiger partial charge in [0.1, 0.15) is 5.75 Å². The van der Waals surface area contributed by atoms with Gasteiger partial charge in [0.15, 0.2) is 16.4 Å². The second kappa shape index (κ2) is 7.92. The number of rotatable bonds is 6. The maximum Gasteiger partial charge on any atom is 0.276 e. The van der Waals surface area contributed by atoms with Crippen molar-refractivity contribution < 1.29 is 27.7 Å². The minimum absolute atomic E-state index is 0.0162. The van der Waals surface area contributed by atoms with Gasteiger partial charge in [-0.25, -0.2) is 8.42 Å². The van der Waals surface area contributed by atoms with Crippen LogP contribution in [0.15, 0.2) is 24.3 Å². The molecule has 11 heteroatoms. The summed E-state index contributed by atoms with van der Waals surface area (Å²) in [6.07, 6.45) is 0.454. The molecule has 1 aliphatic rings. The summed E-state index contributed by atoms with van der Waals surface area (Å²) >= 11 is 0. The van der Waals surface area contributed by atoms with E-state index in [0.29, 0.717) is 6.42 Å². The lowest BCUT2D eigenvalue weighted by molar-refractivity contribution is -0.384. The zero-order valence-corrected chi connectivity index (χ0v) is 14.0. The van der Waals surface area contributed by atoms with Crippen molar-refractivity contribution in [3.8, 4) is 5.75 Å². The van der Waals surface area contributed by atoms with Crippen molar-refractivity contribution >= 4 is 27.3 Å². The van der Waals surface area contributed by atoms with E-state index in [1.807, 2.05) is 0 Å². The first-order valence-corrected chi connectivity index (χ1v) is 9.23. The third-order valence-electron chi connectivity index (χ3n) is 3.56. The molecule has 0 saturated carbocycles. The highest BCUT2D eigenvalue weighted by molar-refractivity contribution is 7.91. The van der Waals surface area contributed by atoms with E-state index in [-0.39, 0.29) is 35.3 Å². The molecule has 0 spiro atoms. The Hall–Kier alpha value is -2.69. The number of nitrogens with one attached hydrogen (secondary N) is 2. The van der Waals surface area contributed by atoms with Crippen molar-refractivity contribution in [1.82, 2.24) is 10.9 Å². The number of nitro benzene ring substituents is 1. The molecule has 25 heavy (non-hydrogen) atoms. The minimum Gasteiger partial charge on any atom is -0.484 e. The van der Waals surface area contributed by atoms with Crippen molar-refractivity contribution in [2.24, 2.45) is 5.92 Å². The molecule has 0 unspecified atom stereocenters. The predicted molar refractivity (Wildman–Crippen MR) is 86.3 cm³/mol. The van der Waals surface area contributed by atoms with Crippen LogP contribution >= 0.6 is 0 Å². The van der Waals surface area contributed by atoms with Crippen LogP contribution in [0.4, 0.5) is 5.69 Å². The topological polar surface area (TPSA) is 145 Å². The molecule has 1 aliphatic heterocycles. The van der Waals surface area contributed by atoms with Gasteiger partial charge in [0.2, 0.25) is 5.91 Å². The van der Waals surface area contributed by atoms with E-state index in [1.54, 1.807) is 0 Å². The Labute approximate surface area is 143 Å². The van der Waals surface area contributed by atoms with Gasteiger partial charge in [-0.1, -0.05) is 0 Å². The average molecular weight is 371 g/mol. The second-order valence-electron chi connectivity index (χ2n) is 5.61. The van der Waals surface area contributed by atoms with Crippen molar-refractivity contribution in [1.29, 1.82) is 0 Å². The smallest absolute Gasteiger partial charge is 0.276 e. The first-order chi connectivity index (χ1) is 11.7. The van der Waals surface area contributed by atoms with Crippen LogP contribution in [0.2, 0.25) is 0 Å². The van der Waals surface area contributed by atoms with Crippen LogP contribution in [0.25, 0.3) is 0 Å². The number of carbonyl (C=O) groups excluding carboxylic acids is 2. The zero-order chi connectivity index (χ0) is 18.4. The van der Waals surface area contributed by atoms with Gasteiger partial charge in [0, 0.05) is 18.6 Å². The summed E-state index contributed by atoms with van der Waals surface area (Å²) in [5.41, 5.74) is 4.25. The number of benzene rings is 1. The molecular weight excluding hydrogens is 354 g/mol. The number of nitrogens with zero attached hydrogens (tertiary/aromatic N) is 1. The number of hydrogen-bond acceptors (Lipinski definition) is 7. The molecule has 0 bridgehead atoms. The number of nitro groups is 1. The van der Waals surface area contributed by atoms with Crippen molar-refractivity contribution in [3.63, 3.8) is 0 Å². The fourth-order valence-corrected chi connectivity index (χ4v) is 4.20. The van der Waals surface area contributed by atoms with Crippen LogP contribution in [-0.2, 0) is 19.4 Å². The molecule has 1 heterocycles. The summed E-state index contributed by atoms with van der Waals surface area (Å²) in [5, 5.41) is 10.5. The third-order valence-corrected chi connectivity index (χ3v) is 5.40. The van der Waals surface area contributed by atoms with Crippen molar-refractivity contribution in [2.45, 2.75) is 12.8 Å². The number of non-ortho nitro benzene ring substituents is 1. The number of amides is 2. The monoisotopic (exact) mass is 371 g/mol. The number of sulfone groups is 1.